The molecule has 5 rings (SSSR count). The lowest BCUT2D eigenvalue weighted by Crippen LogP contribution is -2.10. The highest BCUT2D eigenvalue weighted by molar-refractivity contribution is 9.09. The fourth-order valence-electron chi connectivity index (χ4n) is 2.86. The predicted octanol–water partition coefficient (Wildman–Crippen LogP) is 11.7. The van der Waals surface area contributed by atoms with Gasteiger partial charge in [0.25, 0.3) is 0 Å². The number of amidine groups is 1. The van der Waals surface area contributed by atoms with Gasteiger partial charge < -0.3 is 10.7 Å². The molecule has 0 spiro atoms. The third kappa shape index (κ3) is 12.7. The van der Waals surface area contributed by atoms with Crippen molar-refractivity contribution in [3.05, 3.63) is 108 Å². The Morgan fingerprint density at radius 3 is 1.86 bits per heavy atom. The molecule has 0 amide bonds. The maximum Gasteiger partial charge on any atom is 0.184 e. The lowest BCUT2D eigenvalue weighted by atomic mass is 10.2. The molecule has 0 fully saturated rings. The number of ketones is 1. The summed E-state index contributed by atoms with van der Waals surface area (Å²) in [6, 6.07) is 18.0. The van der Waals surface area contributed by atoms with Crippen molar-refractivity contribution in [1.82, 2.24) is 9.97 Å². The van der Waals surface area contributed by atoms with Gasteiger partial charge in [0, 0.05) is 21.2 Å². The summed E-state index contributed by atoms with van der Waals surface area (Å²) < 4.78 is -0.750. The first-order chi connectivity index (χ1) is 19.9. The minimum Gasteiger partial charge on any atom is -0.384 e. The van der Waals surface area contributed by atoms with Crippen LogP contribution in [-0.4, -0.2) is 31.2 Å². The second kappa shape index (κ2) is 19.2. The summed E-state index contributed by atoms with van der Waals surface area (Å²) in [5, 5.41) is 13.8. The number of benzene rings is 2. The van der Waals surface area contributed by atoms with E-state index in [1.165, 1.54) is 11.3 Å². The molecule has 0 saturated heterocycles. The molecule has 0 aliphatic carbocycles. The average Bonchev–Trinajstić information content (AvgIpc) is 3.70. The molecule has 0 bridgehead atoms. The molecular formula is C27H20BrCl7N4OS2. The lowest BCUT2D eigenvalue weighted by Gasteiger charge is -1.97. The summed E-state index contributed by atoms with van der Waals surface area (Å²) in [5.41, 5.74) is 7.83. The molecule has 0 aliphatic rings. The van der Waals surface area contributed by atoms with E-state index in [2.05, 4.69) is 25.9 Å². The Labute approximate surface area is 294 Å². The van der Waals surface area contributed by atoms with E-state index >= 15 is 0 Å². The van der Waals surface area contributed by atoms with Gasteiger partial charge in [-0.25, -0.2) is 4.98 Å². The number of hydrogen-bond donors (Lipinski definition) is 3. The van der Waals surface area contributed by atoms with Crippen LogP contribution in [0.5, 0.6) is 0 Å². The van der Waals surface area contributed by atoms with Crippen molar-refractivity contribution in [1.29, 1.82) is 5.41 Å². The molecule has 0 radical (unpaired) electrons. The first-order valence-electron chi connectivity index (χ1n) is 11.3. The molecule has 15 heteroatoms. The van der Waals surface area contributed by atoms with Crippen LogP contribution in [0.1, 0.15) is 15.2 Å². The van der Waals surface area contributed by atoms with E-state index in [1.54, 1.807) is 53.2 Å². The average molecular weight is 809 g/mol. The van der Waals surface area contributed by atoms with E-state index < -0.39 is 4.30 Å². The van der Waals surface area contributed by atoms with E-state index in [9.17, 15) is 4.79 Å². The van der Waals surface area contributed by atoms with Gasteiger partial charge >= 0.3 is 0 Å². The number of carbonyl (C=O) groups excluding carboxylic acids is 1. The van der Waals surface area contributed by atoms with Crippen LogP contribution in [0.3, 0.4) is 0 Å². The molecule has 5 aromatic rings. The molecule has 222 valence electrons. The van der Waals surface area contributed by atoms with Crippen LogP contribution in [0.2, 0.25) is 20.1 Å². The van der Waals surface area contributed by atoms with Gasteiger partial charge in [-0.2, -0.15) is 0 Å². The lowest BCUT2D eigenvalue weighted by molar-refractivity contribution is 0.102. The summed E-state index contributed by atoms with van der Waals surface area (Å²) in [4.78, 5) is 20.2. The first kappa shape index (κ1) is 36.9. The number of aromatic amines is 1. The smallest absolute Gasteiger partial charge is 0.184 e. The van der Waals surface area contributed by atoms with E-state index in [0.29, 0.717) is 30.8 Å². The minimum absolute atomic E-state index is 0.0417. The summed E-state index contributed by atoms with van der Waals surface area (Å²) in [5.74, 6) is 0.919. The van der Waals surface area contributed by atoms with Crippen LogP contribution in [0, 0.1) is 5.41 Å². The van der Waals surface area contributed by atoms with Crippen LogP contribution < -0.4 is 5.73 Å². The SMILES string of the molecule is ClC(Cl)Cl.Clc1ccc(-c2ncc(-c3sccc3Cl)[nH]2)cc1.N=C(N)c1ccc(Cl)cc1.O=C(CBr)c1sccc1Cl. The standard InChI is InChI=1S/C13H8Cl2N2S.C7H7ClN2.C6H4BrClOS.CHCl3/c14-9-3-1-8(2-4-9)13-16-7-11(17-13)12-10(15)5-6-18-12;8-6-3-1-5(2-4-6)7(9)10;7-3-5(9)6-4(8)1-2-10-6;2-1(3)4/h1-7H,(H,16,17);1-4H,(H3,9,10);1-2H,3H2;1H. The molecule has 3 aromatic heterocycles. The third-order valence-corrected chi connectivity index (χ3v) is 8.47. The van der Waals surface area contributed by atoms with Crippen molar-refractivity contribution >= 4 is 131 Å². The fraction of sp³-hybridized carbons (Fsp3) is 0.0741. The third-order valence-electron chi connectivity index (χ3n) is 4.70. The normalized spacial score (nSPS) is 10.0. The highest BCUT2D eigenvalue weighted by Gasteiger charge is 2.10. The largest absolute Gasteiger partial charge is 0.384 e. The van der Waals surface area contributed by atoms with Gasteiger partial charge in [-0.1, -0.05) is 97.1 Å². The Morgan fingerprint density at radius 1 is 0.881 bits per heavy atom. The van der Waals surface area contributed by atoms with Gasteiger partial charge in [0.15, 0.2) is 10.1 Å². The fourth-order valence-corrected chi connectivity index (χ4v) is 5.80. The van der Waals surface area contributed by atoms with Crippen LogP contribution in [0.25, 0.3) is 22.0 Å². The Morgan fingerprint density at radius 2 is 1.40 bits per heavy atom. The number of alkyl halides is 4. The Hall–Kier alpha value is -1.30. The number of carbonyl (C=O) groups is 1. The minimum atomic E-state index is -0.750. The Balaban J connectivity index is 0.000000220. The Kier molecular flexibility index (Phi) is 16.8. The summed E-state index contributed by atoms with van der Waals surface area (Å²) >= 11 is 43.7. The van der Waals surface area contributed by atoms with E-state index in [-0.39, 0.29) is 11.6 Å². The molecule has 0 aliphatic heterocycles. The maximum absolute atomic E-state index is 11.0. The van der Waals surface area contributed by atoms with E-state index in [0.717, 1.165) is 27.0 Å². The number of halogens is 8. The monoisotopic (exact) mass is 804 g/mol. The van der Waals surface area contributed by atoms with Crippen molar-refractivity contribution in [2.75, 3.05) is 5.33 Å². The van der Waals surface area contributed by atoms with Crippen molar-refractivity contribution in [3.8, 4) is 22.0 Å². The molecule has 42 heavy (non-hydrogen) atoms. The molecule has 2 aromatic carbocycles. The quantitative estimate of drug-likeness (QED) is 0.0714. The number of nitrogens with zero attached hydrogens (tertiary/aromatic N) is 1. The van der Waals surface area contributed by atoms with Crippen LogP contribution >= 0.6 is 120 Å². The van der Waals surface area contributed by atoms with Gasteiger partial charge in [-0.3, -0.25) is 10.2 Å². The van der Waals surface area contributed by atoms with Gasteiger partial charge in [0.2, 0.25) is 0 Å². The van der Waals surface area contributed by atoms with Crippen LogP contribution in [0.4, 0.5) is 0 Å². The predicted molar refractivity (Wildman–Crippen MR) is 189 cm³/mol. The second-order valence-corrected chi connectivity index (χ2v) is 13.6. The number of rotatable bonds is 5. The van der Waals surface area contributed by atoms with Gasteiger partial charge in [0.1, 0.15) is 11.7 Å². The number of hydrogen-bond acceptors (Lipinski definition) is 5. The molecule has 0 saturated carbocycles. The number of nitrogens with one attached hydrogen (secondary N) is 2. The molecule has 4 N–H and O–H groups in total. The highest BCUT2D eigenvalue weighted by atomic mass is 79.9. The zero-order valence-corrected chi connectivity index (χ0v) is 29.6. The Bertz CT molecular complexity index is 1550. The van der Waals surface area contributed by atoms with Gasteiger partial charge in [-0.05, 0) is 71.4 Å². The number of Topliss-reactive ketones (excluding diaryl/α,β-unsaturated/α-hetero) is 1. The topological polar surface area (TPSA) is 95.6 Å². The zero-order valence-electron chi connectivity index (χ0n) is 21.1. The molecule has 0 unspecified atom stereocenters. The van der Waals surface area contributed by atoms with Crippen molar-refractivity contribution < 1.29 is 4.79 Å². The number of nitrogens with two attached hydrogens (primary N) is 1. The molecule has 5 nitrogen and oxygen atoms in total. The summed E-state index contributed by atoms with van der Waals surface area (Å²) in [7, 11) is 0. The highest BCUT2D eigenvalue weighted by Crippen LogP contribution is 2.33. The number of imidazole rings is 1. The van der Waals surface area contributed by atoms with Crippen molar-refractivity contribution in [3.63, 3.8) is 0 Å². The van der Waals surface area contributed by atoms with Crippen molar-refractivity contribution in [2.24, 2.45) is 5.73 Å². The van der Waals surface area contributed by atoms with Crippen molar-refractivity contribution in [2.45, 2.75) is 4.30 Å². The molecule has 0 atom stereocenters. The van der Waals surface area contributed by atoms with Crippen LogP contribution in [-0.2, 0) is 0 Å². The van der Waals surface area contributed by atoms with Gasteiger partial charge in [-0.15, -0.1) is 22.7 Å². The summed E-state index contributed by atoms with van der Waals surface area (Å²) in [6.45, 7) is 0. The molecular weight excluding hydrogens is 789 g/mol. The first-order valence-corrected chi connectivity index (χ1v) is 17.0. The van der Waals surface area contributed by atoms with E-state index in [4.69, 9.17) is 92.3 Å². The second-order valence-electron chi connectivity index (χ2n) is 7.57. The van der Waals surface area contributed by atoms with E-state index in [1.807, 2.05) is 35.7 Å². The van der Waals surface area contributed by atoms with Crippen LogP contribution in [0.15, 0.2) is 77.6 Å². The molecule has 3 heterocycles. The number of thiophene rings is 2. The number of aromatic nitrogens is 2. The van der Waals surface area contributed by atoms with Gasteiger partial charge in [0.05, 0.1) is 37.0 Å². The number of H-pyrrole nitrogens is 1. The maximum atomic E-state index is 11.0. The number of nitrogen functional groups attached to an aromatic ring is 1. The summed E-state index contributed by atoms with van der Waals surface area (Å²) in [6.07, 6.45) is 1.79. The zero-order chi connectivity index (χ0) is 31.2.